The second kappa shape index (κ2) is 17.5. The Morgan fingerprint density at radius 1 is 1.07 bits per heavy atom. The Balaban J connectivity index is 1.03. The molecule has 3 fully saturated rings. The van der Waals surface area contributed by atoms with Crippen molar-refractivity contribution < 1.29 is 37.4 Å². The number of aromatic nitrogens is 2. The maximum Gasteiger partial charge on any atom is 0.355 e. The molecular formula is C41H49FN7O7PS. The molecule has 6 atom stereocenters. The summed E-state index contributed by atoms with van der Waals surface area (Å²) in [5.74, 6) is -2.58. The summed E-state index contributed by atoms with van der Waals surface area (Å²) in [5, 5.41) is 6.05. The van der Waals surface area contributed by atoms with Crippen LogP contribution in [-0.4, -0.2) is 101 Å². The number of nitrogens with zero attached hydrogens (tertiary/aromatic N) is 5. The van der Waals surface area contributed by atoms with Crippen molar-refractivity contribution in [2.75, 3.05) is 38.7 Å². The van der Waals surface area contributed by atoms with E-state index in [4.69, 9.17) is 9.26 Å². The Hall–Kier alpha value is -4.92. The van der Waals surface area contributed by atoms with Gasteiger partial charge in [-0.05, 0) is 86.7 Å². The third kappa shape index (κ3) is 8.60. The van der Waals surface area contributed by atoms with Gasteiger partial charge in [0.25, 0.3) is 5.91 Å². The number of halogens is 1. The summed E-state index contributed by atoms with van der Waals surface area (Å²) in [6.07, 6.45) is 7.11. The summed E-state index contributed by atoms with van der Waals surface area (Å²) in [7, 11) is -0.596. The molecule has 0 radical (unpaired) electrons. The van der Waals surface area contributed by atoms with Gasteiger partial charge in [0.15, 0.2) is 0 Å². The fourth-order valence-electron chi connectivity index (χ4n) is 7.97. The number of fused-ring (bicyclic) bond motifs is 2. The predicted molar refractivity (Wildman–Crippen MR) is 219 cm³/mol. The maximum atomic E-state index is 16.5. The van der Waals surface area contributed by atoms with Crippen LogP contribution in [0.15, 0.2) is 67.1 Å². The summed E-state index contributed by atoms with van der Waals surface area (Å²) in [6, 6.07) is 11.8. The Morgan fingerprint density at radius 2 is 1.84 bits per heavy atom. The molecule has 3 aliphatic rings. The second-order valence-electron chi connectivity index (χ2n) is 15.3. The standard InChI is InChI=1S/C41H49FN7O7PS/c1-5-18-55-41(53)25(2)46-57(54,56-30-11-7-6-8-12-30)36(42)26-14-17-34-27(19-26)20-35(58-34)38(50)45-32-13-9-10-29-15-16-33(49(29)39(32)51)40(52)48-22-28(23-48)31-21-43-24-44-37(31)47(3)4/h6-8,11-12,14,17,19-21,24-25,28-29,32-33,36H,5,9-10,13,15-16,18,22-23H2,1-4H3,(H,45,50)(H,46,54)/t25-,29-,32-,33-,36?,57?/m0/s1. The minimum absolute atomic E-state index is 0.0247. The number of carbonyl (C=O) groups is 4. The van der Waals surface area contributed by atoms with Gasteiger partial charge in [0.2, 0.25) is 17.7 Å². The van der Waals surface area contributed by atoms with Gasteiger partial charge in [-0.25, -0.2) is 19.4 Å². The quantitative estimate of drug-likeness (QED) is 0.110. The van der Waals surface area contributed by atoms with E-state index < -0.39 is 43.4 Å². The number of esters is 1. The lowest BCUT2D eigenvalue weighted by molar-refractivity contribution is -0.148. The number of benzene rings is 2. The highest BCUT2D eigenvalue weighted by Gasteiger charge is 2.48. The molecule has 0 aliphatic carbocycles. The molecule has 2 N–H and O–H groups in total. The number of hydrogen-bond acceptors (Lipinski definition) is 11. The van der Waals surface area contributed by atoms with Gasteiger partial charge in [0.1, 0.15) is 36.0 Å². The number of likely N-dealkylation sites (tertiary alicyclic amines) is 1. The fraction of sp³-hybridized carbons (Fsp3) is 0.463. The lowest BCUT2D eigenvalue weighted by atomic mass is 9.91. The minimum Gasteiger partial charge on any atom is -0.465 e. The summed E-state index contributed by atoms with van der Waals surface area (Å²) in [5.41, 5.74) is 1.01. The van der Waals surface area contributed by atoms with Gasteiger partial charge in [-0.15, -0.1) is 11.3 Å². The predicted octanol–water partition coefficient (Wildman–Crippen LogP) is 6.20. The molecule has 3 saturated heterocycles. The van der Waals surface area contributed by atoms with Gasteiger partial charge >= 0.3 is 13.5 Å². The lowest BCUT2D eigenvalue weighted by Crippen LogP contribution is -2.58. The van der Waals surface area contributed by atoms with Crippen LogP contribution >= 0.6 is 18.9 Å². The number of ether oxygens (including phenoxy) is 1. The monoisotopic (exact) mass is 833 g/mol. The van der Waals surface area contributed by atoms with Crippen LogP contribution < -0.4 is 19.8 Å². The van der Waals surface area contributed by atoms with Gasteiger partial charge in [-0.1, -0.05) is 31.2 Å². The first-order chi connectivity index (χ1) is 27.9. The highest BCUT2D eigenvalue weighted by Crippen LogP contribution is 2.58. The largest absolute Gasteiger partial charge is 0.465 e. The molecule has 0 saturated carbocycles. The zero-order valence-corrected chi connectivity index (χ0v) is 34.7. The number of alkyl halides is 1. The van der Waals surface area contributed by atoms with E-state index in [0.717, 1.165) is 24.2 Å². The Labute approximate surface area is 341 Å². The van der Waals surface area contributed by atoms with E-state index in [9.17, 15) is 23.7 Å². The number of anilines is 1. The van der Waals surface area contributed by atoms with Crippen molar-refractivity contribution in [3.05, 3.63) is 83.1 Å². The first kappa shape index (κ1) is 41.2. The van der Waals surface area contributed by atoms with Crippen LogP contribution in [0, 0.1) is 0 Å². The normalized spacial score (nSPS) is 21.6. The van der Waals surface area contributed by atoms with Crippen LogP contribution in [-0.2, 0) is 23.7 Å². The van der Waals surface area contributed by atoms with Crippen molar-refractivity contribution in [2.45, 2.75) is 88.4 Å². The highest BCUT2D eigenvalue weighted by molar-refractivity contribution is 7.57. The number of carbonyl (C=O) groups excluding carboxylic acids is 4. The van der Waals surface area contributed by atoms with Crippen LogP contribution in [0.1, 0.15) is 85.0 Å². The van der Waals surface area contributed by atoms with Gasteiger partial charge in [0, 0.05) is 55.6 Å². The molecular weight excluding hydrogens is 785 g/mol. The molecule has 3 aliphatic heterocycles. The Morgan fingerprint density at radius 3 is 2.59 bits per heavy atom. The third-order valence-electron chi connectivity index (χ3n) is 10.9. The second-order valence-corrected chi connectivity index (χ2v) is 18.5. The van der Waals surface area contributed by atoms with Gasteiger partial charge in [-0.3, -0.25) is 23.7 Å². The van der Waals surface area contributed by atoms with Crippen LogP contribution in [0.4, 0.5) is 10.2 Å². The molecule has 17 heteroatoms. The van der Waals surface area contributed by atoms with E-state index in [1.54, 1.807) is 58.5 Å². The zero-order valence-electron chi connectivity index (χ0n) is 33.0. The minimum atomic E-state index is -4.44. The van der Waals surface area contributed by atoms with E-state index in [-0.39, 0.29) is 41.7 Å². The first-order valence-corrected chi connectivity index (χ1v) is 22.2. The van der Waals surface area contributed by atoms with Crippen molar-refractivity contribution in [1.29, 1.82) is 0 Å². The van der Waals surface area contributed by atoms with Crippen LogP contribution in [0.2, 0.25) is 0 Å². The molecule has 0 spiro atoms. The van der Waals surface area contributed by atoms with Crippen molar-refractivity contribution >= 4 is 58.5 Å². The third-order valence-corrected chi connectivity index (χ3v) is 14.2. The zero-order chi connectivity index (χ0) is 41.1. The number of nitrogens with one attached hydrogen (secondary N) is 2. The average molecular weight is 834 g/mol. The molecule has 5 heterocycles. The molecule has 2 aromatic heterocycles. The molecule has 14 nitrogen and oxygen atoms in total. The molecule has 2 unspecified atom stereocenters. The lowest BCUT2D eigenvalue weighted by Gasteiger charge is -2.43. The van der Waals surface area contributed by atoms with E-state index >= 15 is 4.39 Å². The van der Waals surface area contributed by atoms with E-state index in [0.29, 0.717) is 53.7 Å². The number of thiophene rings is 1. The van der Waals surface area contributed by atoms with Gasteiger partial charge < -0.3 is 29.3 Å². The molecule has 2 aromatic carbocycles. The molecule has 0 bridgehead atoms. The topological polar surface area (TPSA) is 163 Å². The van der Waals surface area contributed by atoms with Crippen LogP contribution in [0.5, 0.6) is 5.75 Å². The molecule has 4 aromatic rings. The summed E-state index contributed by atoms with van der Waals surface area (Å²) >= 11 is 1.18. The SMILES string of the molecule is CCCOC(=O)[C@H](C)NP(=O)(Oc1ccccc1)C(F)c1ccc2sc(C(=O)N[C@H]3CCC[C@H]4CC[C@@H](C(=O)N5CC(c6cncnc6N(C)C)C5)N4C3=O)cc2c1. The average Bonchev–Trinajstić information content (AvgIpc) is 3.79. The molecule has 7 rings (SSSR count). The number of rotatable bonds is 14. The number of para-hydroxylation sites is 1. The van der Waals surface area contributed by atoms with Gasteiger partial charge in [-0.2, -0.15) is 0 Å². The van der Waals surface area contributed by atoms with Crippen LogP contribution in [0.25, 0.3) is 10.1 Å². The van der Waals surface area contributed by atoms with E-state index in [2.05, 4.69) is 20.4 Å². The summed E-state index contributed by atoms with van der Waals surface area (Å²) in [6.45, 7) is 4.48. The van der Waals surface area contributed by atoms with E-state index in [1.165, 1.54) is 36.7 Å². The number of hydrogen-bond donors (Lipinski definition) is 2. The van der Waals surface area contributed by atoms with Crippen molar-refractivity contribution in [1.82, 2.24) is 30.2 Å². The Kier molecular flexibility index (Phi) is 12.5. The molecule has 58 heavy (non-hydrogen) atoms. The molecule has 3 amide bonds. The van der Waals surface area contributed by atoms with Crippen molar-refractivity contribution in [3.63, 3.8) is 0 Å². The van der Waals surface area contributed by atoms with Crippen molar-refractivity contribution in [2.24, 2.45) is 0 Å². The van der Waals surface area contributed by atoms with Crippen molar-refractivity contribution in [3.8, 4) is 5.75 Å². The molecule has 308 valence electrons. The first-order valence-electron chi connectivity index (χ1n) is 19.7. The maximum absolute atomic E-state index is 16.5. The summed E-state index contributed by atoms with van der Waals surface area (Å²) in [4.78, 5) is 68.7. The smallest absolute Gasteiger partial charge is 0.355 e. The highest BCUT2D eigenvalue weighted by atomic mass is 32.1. The Bertz CT molecular complexity index is 2200. The summed E-state index contributed by atoms with van der Waals surface area (Å²) < 4.78 is 42.4. The van der Waals surface area contributed by atoms with E-state index in [1.807, 2.05) is 25.9 Å². The van der Waals surface area contributed by atoms with Crippen LogP contribution in [0.3, 0.4) is 0 Å². The fourth-order valence-corrected chi connectivity index (χ4v) is 10.8. The van der Waals surface area contributed by atoms with Gasteiger partial charge in [0.05, 0.1) is 11.5 Å². The number of amides is 3.